The van der Waals surface area contributed by atoms with E-state index in [1.807, 2.05) is 49.4 Å². The molecule has 9 heteroatoms. The predicted octanol–water partition coefficient (Wildman–Crippen LogP) is 4.53. The molecule has 1 N–H and O–H groups in total. The van der Waals surface area contributed by atoms with Gasteiger partial charge in [0.1, 0.15) is 0 Å². The van der Waals surface area contributed by atoms with Gasteiger partial charge in [-0.1, -0.05) is 35.9 Å². The summed E-state index contributed by atoms with van der Waals surface area (Å²) in [6, 6.07) is 19.5. The number of hydrogen-bond acceptors (Lipinski definition) is 6. The largest absolute Gasteiger partial charge is 0.768 e. The van der Waals surface area contributed by atoms with E-state index in [4.69, 9.17) is 16.3 Å². The topological polar surface area (TPSA) is 115 Å². The standard InChI is InChI=1S/C26H26ClN3O4S/c1-17(30-25(31)26(2,3)34-24-12-11-22(16-29-24)35(32)33)23(14-18-7-9-21(27)10-8-18)20-6-4-5-19(13-20)15-28/h4-13,16-17,23H,14H2,1-3H3,(H,30,31)(H,32,33)/p-1. The van der Waals surface area contributed by atoms with Crippen molar-refractivity contribution in [2.45, 2.75) is 49.6 Å². The van der Waals surface area contributed by atoms with Crippen molar-refractivity contribution < 1.29 is 18.3 Å². The predicted molar refractivity (Wildman–Crippen MR) is 133 cm³/mol. The second kappa shape index (κ2) is 11.5. The number of nitrogens with zero attached hydrogens (tertiary/aromatic N) is 2. The molecule has 0 fully saturated rings. The molecule has 3 unspecified atom stereocenters. The van der Waals surface area contributed by atoms with Crippen molar-refractivity contribution in [1.29, 1.82) is 5.26 Å². The van der Waals surface area contributed by atoms with Gasteiger partial charge in [-0.15, -0.1) is 0 Å². The summed E-state index contributed by atoms with van der Waals surface area (Å²) in [7, 11) is 0. The quantitative estimate of drug-likeness (QED) is 0.423. The Morgan fingerprint density at radius 2 is 1.94 bits per heavy atom. The molecular formula is C26H25ClN3O4S-. The molecule has 0 aliphatic heterocycles. The summed E-state index contributed by atoms with van der Waals surface area (Å²) in [5, 5.41) is 13.0. The fraction of sp³-hybridized carbons (Fsp3) is 0.269. The number of pyridine rings is 1. The molecular weight excluding hydrogens is 486 g/mol. The van der Waals surface area contributed by atoms with Crippen LogP contribution in [-0.4, -0.2) is 31.3 Å². The van der Waals surface area contributed by atoms with Crippen molar-refractivity contribution >= 4 is 28.6 Å². The lowest BCUT2D eigenvalue weighted by molar-refractivity contribution is -0.135. The molecule has 0 bridgehead atoms. The number of benzene rings is 2. The van der Waals surface area contributed by atoms with Gasteiger partial charge in [0.2, 0.25) is 5.88 Å². The van der Waals surface area contributed by atoms with Gasteiger partial charge in [0.15, 0.2) is 5.60 Å². The summed E-state index contributed by atoms with van der Waals surface area (Å²) < 4.78 is 27.8. The average molecular weight is 511 g/mol. The summed E-state index contributed by atoms with van der Waals surface area (Å²) in [5.74, 6) is -0.360. The van der Waals surface area contributed by atoms with E-state index in [1.165, 1.54) is 18.3 Å². The van der Waals surface area contributed by atoms with Crippen molar-refractivity contribution in [1.82, 2.24) is 10.3 Å². The van der Waals surface area contributed by atoms with Gasteiger partial charge in [-0.3, -0.25) is 9.00 Å². The molecule has 1 aromatic heterocycles. The zero-order chi connectivity index (χ0) is 25.6. The zero-order valence-corrected chi connectivity index (χ0v) is 21.1. The maximum absolute atomic E-state index is 13.2. The maximum Gasteiger partial charge on any atom is 0.263 e. The van der Waals surface area contributed by atoms with E-state index in [1.54, 1.807) is 19.9 Å². The molecule has 3 atom stereocenters. The molecule has 2 aromatic carbocycles. The number of halogens is 1. The molecule has 0 saturated heterocycles. The number of carbonyl (C=O) groups excluding carboxylic acids is 1. The summed E-state index contributed by atoms with van der Waals surface area (Å²) in [6.45, 7) is 5.13. The van der Waals surface area contributed by atoms with Crippen molar-refractivity contribution in [2.75, 3.05) is 0 Å². The lowest BCUT2D eigenvalue weighted by Gasteiger charge is -2.30. The van der Waals surface area contributed by atoms with Gasteiger partial charge in [0, 0.05) is 34.1 Å². The highest BCUT2D eigenvalue weighted by Gasteiger charge is 2.33. The smallest absolute Gasteiger partial charge is 0.263 e. The van der Waals surface area contributed by atoms with E-state index in [9.17, 15) is 18.8 Å². The van der Waals surface area contributed by atoms with Gasteiger partial charge in [-0.25, -0.2) is 4.98 Å². The van der Waals surface area contributed by atoms with Crippen LogP contribution in [0.2, 0.25) is 5.02 Å². The average Bonchev–Trinajstić information content (AvgIpc) is 2.83. The van der Waals surface area contributed by atoms with Crippen molar-refractivity contribution in [3.63, 3.8) is 0 Å². The van der Waals surface area contributed by atoms with Gasteiger partial charge in [-0.2, -0.15) is 5.26 Å². The Balaban J connectivity index is 1.79. The number of hydrogen-bond donors (Lipinski definition) is 1. The van der Waals surface area contributed by atoms with Crippen LogP contribution >= 0.6 is 11.6 Å². The van der Waals surface area contributed by atoms with Crippen LogP contribution in [0, 0.1) is 11.3 Å². The van der Waals surface area contributed by atoms with E-state index >= 15 is 0 Å². The van der Waals surface area contributed by atoms with E-state index < -0.39 is 16.7 Å². The lowest BCUT2D eigenvalue weighted by Crippen LogP contribution is -2.51. The third kappa shape index (κ3) is 7.12. The third-order valence-corrected chi connectivity index (χ3v) is 6.46. The first-order chi connectivity index (χ1) is 16.6. The highest BCUT2D eigenvalue weighted by molar-refractivity contribution is 7.79. The third-order valence-electron chi connectivity index (χ3n) is 5.58. The minimum absolute atomic E-state index is 0.0258. The van der Waals surface area contributed by atoms with E-state index in [0.717, 1.165) is 11.1 Å². The summed E-state index contributed by atoms with van der Waals surface area (Å²) in [5.41, 5.74) is 1.23. The normalized spacial score (nSPS) is 13.8. The van der Waals surface area contributed by atoms with Crippen LogP contribution in [-0.2, 0) is 22.3 Å². The van der Waals surface area contributed by atoms with Crippen LogP contribution in [0.3, 0.4) is 0 Å². The molecule has 35 heavy (non-hydrogen) atoms. The SMILES string of the molecule is CC(NC(=O)C(C)(C)Oc1ccc(S(=O)[O-])cn1)C(Cc1ccc(Cl)cc1)c1cccc(C#N)c1. The fourth-order valence-electron chi connectivity index (χ4n) is 3.61. The van der Waals surface area contributed by atoms with Gasteiger partial charge >= 0.3 is 0 Å². The van der Waals surface area contributed by atoms with Crippen LogP contribution in [0.25, 0.3) is 0 Å². The van der Waals surface area contributed by atoms with Crippen LogP contribution < -0.4 is 10.1 Å². The Morgan fingerprint density at radius 3 is 2.54 bits per heavy atom. The molecule has 0 spiro atoms. The Kier molecular flexibility index (Phi) is 8.62. The van der Waals surface area contributed by atoms with Gasteiger partial charge in [0.25, 0.3) is 5.91 Å². The number of aromatic nitrogens is 1. The Bertz CT molecular complexity index is 1240. The number of rotatable bonds is 9. The number of amides is 1. The fourth-order valence-corrected chi connectivity index (χ4v) is 4.06. The number of ether oxygens (including phenoxy) is 1. The molecule has 0 aliphatic rings. The molecule has 182 valence electrons. The second-order valence-corrected chi connectivity index (χ2v) is 9.99. The molecule has 7 nitrogen and oxygen atoms in total. The first-order valence-electron chi connectivity index (χ1n) is 10.9. The Morgan fingerprint density at radius 1 is 1.23 bits per heavy atom. The van der Waals surface area contributed by atoms with Gasteiger partial charge < -0.3 is 14.6 Å². The summed E-state index contributed by atoms with van der Waals surface area (Å²) >= 11 is 3.64. The zero-order valence-electron chi connectivity index (χ0n) is 19.5. The second-order valence-electron chi connectivity index (χ2n) is 8.62. The van der Waals surface area contributed by atoms with Crippen LogP contribution in [0.15, 0.2) is 71.8 Å². The minimum atomic E-state index is -2.40. The first kappa shape index (κ1) is 26.4. The van der Waals surface area contributed by atoms with Crippen LogP contribution in [0.4, 0.5) is 0 Å². The maximum atomic E-state index is 13.2. The number of nitrogens with one attached hydrogen (secondary N) is 1. The van der Waals surface area contributed by atoms with Crippen molar-refractivity contribution in [3.05, 3.63) is 88.6 Å². The van der Waals surface area contributed by atoms with Crippen LogP contribution in [0.1, 0.15) is 43.4 Å². The van der Waals surface area contributed by atoms with Crippen LogP contribution in [0.5, 0.6) is 5.88 Å². The van der Waals surface area contributed by atoms with E-state index in [2.05, 4.69) is 16.4 Å². The number of nitriles is 1. The molecule has 0 aliphatic carbocycles. The lowest BCUT2D eigenvalue weighted by atomic mass is 9.85. The van der Waals surface area contributed by atoms with Gasteiger partial charge in [-0.05, 0) is 79.7 Å². The Labute approximate surface area is 212 Å². The minimum Gasteiger partial charge on any atom is -0.768 e. The molecule has 1 amide bonds. The molecule has 3 rings (SSSR count). The first-order valence-corrected chi connectivity index (χ1v) is 12.3. The molecule has 0 radical (unpaired) electrons. The molecule has 3 aromatic rings. The molecule has 1 heterocycles. The molecule has 0 saturated carbocycles. The number of carbonyl (C=O) groups is 1. The summed E-state index contributed by atoms with van der Waals surface area (Å²) in [4.78, 5) is 17.2. The highest BCUT2D eigenvalue weighted by Crippen LogP contribution is 2.27. The highest BCUT2D eigenvalue weighted by atomic mass is 35.5. The monoisotopic (exact) mass is 510 g/mol. The van der Waals surface area contributed by atoms with E-state index in [0.29, 0.717) is 17.0 Å². The van der Waals surface area contributed by atoms with Gasteiger partial charge in [0.05, 0.1) is 11.6 Å². The van der Waals surface area contributed by atoms with Crippen molar-refractivity contribution in [3.8, 4) is 11.9 Å². The van der Waals surface area contributed by atoms with Crippen molar-refractivity contribution in [2.24, 2.45) is 0 Å². The Hall–Kier alpha value is -3.25. The van der Waals surface area contributed by atoms with E-state index in [-0.39, 0.29) is 28.6 Å². The summed E-state index contributed by atoms with van der Waals surface area (Å²) in [6.07, 6.45) is 1.78.